The van der Waals surface area contributed by atoms with Gasteiger partial charge in [0.1, 0.15) is 12.2 Å². The Balaban J connectivity index is 1.99. The van der Waals surface area contributed by atoms with Crippen molar-refractivity contribution in [1.82, 2.24) is 19.3 Å². The lowest BCUT2D eigenvalue weighted by atomic mass is 10.0. The molecule has 0 aliphatic rings. The predicted octanol–water partition coefficient (Wildman–Crippen LogP) is 1.71. The number of aryl methyl sites for hydroxylation is 1. The first kappa shape index (κ1) is 12.9. The summed E-state index contributed by atoms with van der Waals surface area (Å²) in [5, 5.41) is 5.38. The second kappa shape index (κ2) is 5.09. The van der Waals surface area contributed by atoms with Gasteiger partial charge in [0.05, 0.1) is 6.54 Å². The van der Waals surface area contributed by atoms with E-state index in [1.807, 2.05) is 14.0 Å². The number of hydrogen-bond acceptors (Lipinski definition) is 3. The Morgan fingerprint density at radius 1 is 1.30 bits per heavy atom. The zero-order valence-electron chi connectivity index (χ0n) is 11.8. The fourth-order valence-corrected chi connectivity index (χ4v) is 2.57. The summed E-state index contributed by atoms with van der Waals surface area (Å²) in [6.45, 7) is 2.76. The quantitative estimate of drug-likeness (QED) is 0.784. The van der Waals surface area contributed by atoms with Crippen LogP contribution in [0.2, 0.25) is 0 Å². The molecular weight excluding hydrogens is 250 g/mol. The minimum Gasteiger partial charge on any atom is -0.340 e. The molecule has 20 heavy (non-hydrogen) atoms. The molecule has 3 rings (SSSR count). The third kappa shape index (κ3) is 2.32. The van der Waals surface area contributed by atoms with Crippen molar-refractivity contribution in [2.75, 3.05) is 0 Å². The van der Waals surface area contributed by atoms with Gasteiger partial charge < -0.3 is 10.3 Å². The molecule has 2 heterocycles. The molecule has 1 atom stereocenters. The fraction of sp³-hybridized carbons (Fsp3) is 0.333. The molecule has 0 bridgehead atoms. The largest absolute Gasteiger partial charge is 0.340 e. The molecule has 0 aliphatic heterocycles. The van der Waals surface area contributed by atoms with E-state index in [4.69, 9.17) is 5.73 Å². The smallest absolute Gasteiger partial charge is 0.146 e. The number of rotatable bonds is 4. The molecule has 3 aromatic rings. The second-order valence-corrected chi connectivity index (χ2v) is 5.27. The molecule has 0 saturated heterocycles. The van der Waals surface area contributed by atoms with Crippen LogP contribution in [0.4, 0.5) is 0 Å². The molecule has 0 fully saturated rings. The minimum atomic E-state index is 0.169. The van der Waals surface area contributed by atoms with E-state index in [0.717, 1.165) is 18.8 Å². The van der Waals surface area contributed by atoms with Crippen molar-refractivity contribution in [3.8, 4) is 0 Å². The maximum absolute atomic E-state index is 5.92. The summed E-state index contributed by atoms with van der Waals surface area (Å²) in [4.78, 5) is 4.28. The summed E-state index contributed by atoms with van der Waals surface area (Å²) in [6, 6.07) is 8.70. The third-order valence-electron chi connectivity index (χ3n) is 3.56. The Bertz CT molecular complexity index is 723. The van der Waals surface area contributed by atoms with Crippen molar-refractivity contribution < 1.29 is 0 Å². The van der Waals surface area contributed by atoms with Gasteiger partial charge >= 0.3 is 0 Å². The standard InChI is InChI=1S/C15H19N5/c1-11(16)8-12-4-3-5-14-13(12)6-7-20(14)9-15-17-10-18-19(15)2/h3-7,10-11H,8-9,16H2,1-2H3. The second-order valence-electron chi connectivity index (χ2n) is 5.27. The van der Waals surface area contributed by atoms with Gasteiger partial charge in [0.25, 0.3) is 0 Å². The van der Waals surface area contributed by atoms with Crippen molar-refractivity contribution in [2.24, 2.45) is 12.8 Å². The Labute approximate surface area is 118 Å². The zero-order chi connectivity index (χ0) is 14.1. The SMILES string of the molecule is CC(N)Cc1cccc2c1ccn2Cc1ncnn1C. The topological polar surface area (TPSA) is 61.7 Å². The van der Waals surface area contributed by atoms with Gasteiger partial charge in [-0.15, -0.1) is 0 Å². The first-order valence-corrected chi connectivity index (χ1v) is 6.80. The number of nitrogens with two attached hydrogens (primary N) is 1. The van der Waals surface area contributed by atoms with E-state index in [0.29, 0.717) is 0 Å². The van der Waals surface area contributed by atoms with E-state index >= 15 is 0 Å². The van der Waals surface area contributed by atoms with Gasteiger partial charge in [-0.2, -0.15) is 5.10 Å². The highest BCUT2D eigenvalue weighted by Gasteiger charge is 2.09. The average molecular weight is 269 g/mol. The molecule has 2 N–H and O–H groups in total. The zero-order valence-corrected chi connectivity index (χ0v) is 11.8. The summed E-state index contributed by atoms with van der Waals surface area (Å²) in [5.74, 6) is 0.945. The molecule has 1 aromatic carbocycles. The highest BCUT2D eigenvalue weighted by Crippen LogP contribution is 2.22. The van der Waals surface area contributed by atoms with Crippen LogP contribution in [0.3, 0.4) is 0 Å². The van der Waals surface area contributed by atoms with Crippen LogP contribution in [0.1, 0.15) is 18.3 Å². The first-order valence-electron chi connectivity index (χ1n) is 6.80. The molecule has 0 amide bonds. The van der Waals surface area contributed by atoms with Gasteiger partial charge in [0.15, 0.2) is 0 Å². The highest BCUT2D eigenvalue weighted by atomic mass is 15.3. The summed E-state index contributed by atoms with van der Waals surface area (Å²) in [7, 11) is 1.91. The fourth-order valence-electron chi connectivity index (χ4n) is 2.57. The normalized spacial score (nSPS) is 12.9. The van der Waals surface area contributed by atoms with E-state index in [-0.39, 0.29) is 6.04 Å². The predicted molar refractivity (Wildman–Crippen MR) is 79.4 cm³/mol. The van der Waals surface area contributed by atoms with Gasteiger partial charge in [0, 0.05) is 30.2 Å². The van der Waals surface area contributed by atoms with Gasteiger partial charge in [0.2, 0.25) is 0 Å². The van der Waals surface area contributed by atoms with Crippen LogP contribution in [0, 0.1) is 0 Å². The Morgan fingerprint density at radius 3 is 2.85 bits per heavy atom. The summed E-state index contributed by atoms with van der Waals surface area (Å²) >= 11 is 0. The lowest BCUT2D eigenvalue weighted by Gasteiger charge is -2.08. The number of aromatic nitrogens is 4. The van der Waals surface area contributed by atoms with E-state index < -0.39 is 0 Å². The Morgan fingerprint density at radius 2 is 2.15 bits per heavy atom. The molecule has 2 aromatic heterocycles. The Kier molecular flexibility index (Phi) is 3.28. The first-order chi connectivity index (χ1) is 9.65. The molecule has 1 unspecified atom stereocenters. The van der Waals surface area contributed by atoms with Crippen molar-refractivity contribution >= 4 is 10.9 Å². The number of hydrogen-bond donors (Lipinski definition) is 1. The van der Waals surface area contributed by atoms with Crippen LogP contribution in [0.5, 0.6) is 0 Å². The molecular formula is C15H19N5. The lowest BCUT2D eigenvalue weighted by Crippen LogP contribution is -2.17. The molecule has 0 aliphatic carbocycles. The molecule has 0 spiro atoms. The summed E-state index contributed by atoms with van der Waals surface area (Å²) in [6.07, 6.45) is 4.58. The van der Waals surface area contributed by atoms with Crippen molar-refractivity contribution in [2.45, 2.75) is 25.9 Å². The maximum atomic E-state index is 5.92. The van der Waals surface area contributed by atoms with E-state index in [1.165, 1.54) is 16.5 Å². The van der Waals surface area contributed by atoms with Gasteiger partial charge in [-0.05, 0) is 31.0 Å². The van der Waals surface area contributed by atoms with Crippen molar-refractivity contribution in [1.29, 1.82) is 0 Å². The summed E-state index contributed by atoms with van der Waals surface area (Å²) in [5.41, 5.74) is 8.44. The van der Waals surface area contributed by atoms with Crippen LogP contribution >= 0.6 is 0 Å². The van der Waals surface area contributed by atoms with E-state index in [9.17, 15) is 0 Å². The van der Waals surface area contributed by atoms with E-state index in [2.05, 4.69) is 45.1 Å². The molecule has 104 valence electrons. The van der Waals surface area contributed by atoms with E-state index in [1.54, 1.807) is 11.0 Å². The Hall–Kier alpha value is -2.14. The van der Waals surface area contributed by atoms with Crippen LogP contribution in [0.25, 0.3) is 10.9 Å². The van der Waals surface area contributed by atoms with Crippen LogP contribution in [0.15, 0.2) is 36.8 Å². The monoisotopic (exact) mass is 269 g/mol. The molecule has 5 nitrogen and oxygen atoms in total. The number of fused-ring (bicyclic) bond motifs is 1. The maximum Gasteiger partial charge on any atom is 0.146 e. The van der Waals surface area contributed by atoms with Gasteiger partial charge in [-0.1, -0.05) is 12.1 Å². The minimum absolute atomic E-state index is 0.169. The molecule has 0 saturated carbocycles. The van der Waals surface area contributed by atoms with Crippen LogP contribution in [-0.2, 0) is 20.0 Å². The number of nitrogens with zero attached hydrogens (tertiary/aromatic N) is 4. The summed E-state index contributed by atoms with van der Waals surface area (Å²) < 4.78 is 4.00. The van der Waals surface area contributed by atoms with Crippen LogP contribution in [-0.4, -0.2) is 25.4 Å². The van der Waals surface area contributed by atoms with Crippen molar-refractivity contribution in [3.05, 3.63) is 48.2 Å². The van der Waals surface area contributed by atoms with Crippen molar-refractivity contribution in [3.63, 3.8) is 0 Å². The highest BCUT2D eigenvalue weighted by molar-refractivity contribution is 5.83. The molecule has 5 heteroatoms. The number of benzene rings is 1. The third-order valence-corrected chi connectivity index (χ3v) is 3.56. The van der Waals surface area contributed by atoms with Crippen LogP contribution < -0.4 is 5.73 Å². The van der Waals surface area contributed by atoms with Gasteiger partial charge in [-0.3, -0.25) is 4.68 Å². The lowest BCUT2D eigenvalue weighted by molar-refractivity contribution is 0.664. The van der Waals surface area contributed by atoms with Gasteiger partial charge in [-0.25, -0.2) is 4.98 Å². The molecule has 0 radical (unpaired) electrons. The average Bonchev–Trinajstić information content (AvgIpc) is 2.98.